The highest BCUT2D eigenvalue weighted by molar-refractivity contribution is 6.00. The zero-order chi connectivity index (χ0) is 22.2. The van der Waals surface area contributed by atoms with Crippen LogP contribution in [-0.2, 0) is 4.74 Å². The van der Waals surface area contributed by atoms with Crippen molar-refractivity contribution in [3.05, 3.63) is 46.5 Å². The van der Waals surface area contributed by atoms with Gasteiger partial charge in [0.2, 0.25) is 0 Å². The maximum atomic E-state index is 13.2. The van der Waals surface area contributed by atoms with Crippen molar-refractivity contribution >= 4 is 28.9 Å². The number of amides is 1. The third kappa shape index (κ3) is 3.79. The average Bonchev–Trinajstić information content (AvgIpc) is 3.32. The molecule has 1 aliphatic carbocycles. The number of halogens is 1. The standard InChI is InChI=1S/C21H24FN7O3/c1-23-18-10-17(25-15-3-2-6-28(21(15)31)12-4-7-32-8-5-12)27-19-13(11-24-29(18)19)20(30)26-16-9-14(16)22/h2-3,6,10-12,14,16,23H,4-5,7-9H2,1H3,(H,25,27)(H,26,30)/t14-,16+/m0/s1. The van der Waals surface area contributed by atoms with E-state index in [0.29, 0.717) is 42.6 Å². The van der Waals surface area contributed by atoms with E-state index in [9.17, 15) is 14.0 Å². The summed E-state index contributed by atoms with van der Waals surface area (Å²) in [7, 11) is 1.72. The van der Waals surface area contributed by atoms with Gasteiger partial charge >= 0.3 is 0 Å². The fraction of sp³-hybridized carbons (Fsp3) is 0.429. The van der Waals surface area contributed by atoms with Crippen LogP contribution in [-0.4, -0.2) is 57.5 Å². The Balaban J connectivity index is 1.47. The van der Waals surface area contributed by atoms with Gasteiger partial charge in [0, 0.05) is 45.0 Å². The van der Waals surface area contributed by atoms with Gasteiger partial charge in [-0.2, -0.15) is 9.61 Å². The zero-order valence-corrected chi connectivity index (χ0v) is 17.5. The largest absolute Gasteiger partial charge is 0.381 e. The molecule has 11 heteroatoms. The molecule has 168 valence electrons. The summed E-state index contributed by atoms with van der Waals surface area (Å²) in [5.41, 5.74) is 0.758. The first-order chi connectivity index (χ1) is 15.5. The molecule has 0 unspecified atom stereocenters. The maximum absolute atomic E-state index is 13.2. The van der Waals surface area contributed by atoms with Gasteiger partial charge in [-0.3, -0.25) is 9.59 Å². The van der Waals surface area contributed by atoms with E-state index in [0.717, 1.165) is 12.8 Å². The minimum Gasteiger partial charge on any atom is -0.381 e. The predicted octanol–water partition coefficient (Wildman–Crippen LogP) is 1.87. The van der Waals surface area contributed by atoms with Gasteiger partial charge in [0.1, 0.15) is 29.1 Å². The van der Waals surface area contributed by atoms with Crippen molar-refractivity contribution in [1.29, 1.82) is 0 Å². The number of hydrogen-bond donors (Lipinski definition) is 3. The second-order valence-corrected chi connectivity index (χ2v) is 8.00. The number of nitrogens with one attached hydrogen (secondary N) is 3. The molecule has 1 aliphatic heterocycles. The Morgan fingerprint density at radius 1 is 1.31 bits per heavy atom. The van der Waals surface area contributed by atoms with E-state index < -0.39 is 18.1 Å². The lowest BCUT2D eigenvalue weighted by Crippen LogP contribution is -2.29. The molecule has 3 aromatic heterocycles. The van der Waals surface area contributed by atoms with Crippen LogP contribution in [0, 0.1) is 0 Å². The topological polar surface area (TPSA) is 115 Å². The number of nitrogens with zero attached hydrogens (tertiary/aromatic N) is 4. The van der Waals surface area contributed by atoms with Crippen LogP contribution >= 0.6 is 0 Å². The molecule has 0 radical (unpaired) electrons. The fourth-order valence-electron chi connectivity index (χ4n) is 3.92. The summed E-state index contributed by atoms with van der Waals surface area (Å²) in [6, 6.07) is 4.84. The van der Waals surface area contributed by atoms with Crippen molar-refractivity contribution < 1.29 is 13.9 Å². The van der Waals surface area contributed by atoms with Gasteiger partial charge in [-0.1, -0.05) is 0 Å². The molecule has 4 heterocycles. The van der Waals surface area contributed by atoms with Gasteiger partial charge < -0.3 is 25.3 Å². The molecule has 2 aliphatic rings. The number of ether oxygens (including phenoxy) is 1. The molecule has 3 aromatic rings. The lowest BCUT2D eigenvalue weighted by Gasteiger charge is -2.24. The second-order valence-electron chi connectivity index (χ2n) is 8.00. The molecule has 1 saturated heterocycles. The SMILES string of the molecule is CNc1cc(Nc2cccn(C3CCOCC3)c2=O)nc2c(C(=O)N[C@@H]3C[C@@H]3F)cnn12. The minimum absolute atomic E-state index is 0.0909. The van der Waals surface area contributed by atoms with Crippen LogP contribution in [0.4, 0.5) is 21.7 Å². The molecular weight excluding hydrogens is 417 g/mol. The molecule has 1 amide bonds. The summed E-state index contributed by atoms with van der Waals surface area (Å²) in [6.07, 6.45) is 4.07. The smallest absolute Gasteiger partial charge is 0.274 e. The van der Waals surface area contributed by atoms with Crippen LogP contribution in [0.3, 0.4) is 0 Å². The lowest BCUT2D eigenvalue weighted by molar-refractivity contribution is 0.0687. The quantitative estimate of drug-likeness (QED) is 0.535. The molecule has 1 saturated carbocycles. The highest BCUT2D eigenvalue weighted by atomic mass is 19.1. The molecule has 0 spiro atoms. The van der Waals surface area contributed by atoms with E-state index in [1.165, 1.54) is 10.7 Å². The number of anilines is 3. The average molecular weight is 441 g/mol. The Morgan fingerprint density at radius 3 is 2.81 bits per heavy atom. The van der Waals surface area contributed by atoms with Crippen molar-refractivity contribution in [2.24, 2.45) is 0 Å². The highest BCUT2D eigenvalue weighted by Gasteiger charge is 2.39. The summed E-state index contributed by atoms with van der Waals surface area (Å²) in [4.78, 5) is 30.2. The highest BCUT2D eigenvalue weighted by Crippen LogP contribution is 2.26. The van der Waals surface area contributed by atoms with Crippen molar-refractivity contribution in [2.45, 2.75) is 37.5 Å². The van der Waals surface area contributed by atoms with Gasteiger partial charge in [0.25, 0.3) is 11.5 Å². The Hall–Kier alpha value is -3.47. The molecule has 32 heavy (non-hydrogen) atoms. The van der Waals surface area contributed by atoms with E-state index in [2.05, 4.69) is 26.0 Å². The monoisotopic (exact) mass is 441 g/mol. The first-order valence-corrected chi connectivity index (χ1v) is 10.6. The number of pyridine rings is 1. The Morgan fingerprint density at radius 2 is 2.09 bits per heavy atom. The first kappa shape index (κ1) is 20.4. The molecule has 2 atom stereocenters. The van der Waals surface area contributed by atoms with Gasteiger partial charge in [0.15, 0.2) is 5.65 Å². The van der Waals surface area contributed by atoms with Crippen LogP contribution in [0.25, 0.3) is 5.65 Å². The number of aromatic nitrogens is 4. The molecule has 3 N–H and O–H groups in total. The van der Waals surface area contributed by atoms with Crippen molar-refractivity contribution in [1.82, 2.24) is 24.5 Å². The molecule has 0 aromatic carbocycles. The lowest BCUT2D eigenvalue weighted by atomic mass is 10.1. The molecule has 10 nitrogen and oxygen atoms in total. The van der Waals surface area contributed by atoms with Gasteiger partial charge in [0.05, 0.1) is 12.2 Å². The van der Waals surface area contributed by atoms with Crippen LogP contribution in [0.1, 0.15) is 35.7 Å². The van der Waals surface area contributed by atoms with Gasteiger partial charge in [-0.15, -0.1) is 0 Å². The first-order valence-electron chi connectivity index (χ1n) is 10.6. The predicted molar refractivity (Wildman–Crippen MR) is 116 cm³/mol. The maximum Gasteiger partial charge on any atom is 0.274 e. The van der Waals surface area contributed by atoms with Gasteiger partial charge in [-0.05, 0) is 25.0 Å². The van der Waals surface area contributed by atoms with E-state index >= 15 is 0 Å². The summed E-state index contributed by atoms with van der Waals surface area (Å²) in [5, 5.41) is 13.0. The third-order valence-electron chi connectivity index (χ3n) is 5.82. The number of carbonyl (C=O) groups is 1. The van der Waals surface area contributed by atoms with Crippen LogP contribution in [0.5, 0.6) is 0 Å². The molecule has 2 fully saturated rings. The van der Waals surface area contributed by atoms with Gasteiger partial charge in [-0.25, -0.2) is 9.37 Å². The summed E-state index contributed by atoms with van der Waals surface area (Å²) in [6.45, 7) is 1.27. The number of carbonyl (C=O) groups excluding carboxylic acids is 1. The number of fused-ring (bicyclic) bond motifs is 1. The molecule has 0 bridgehead atoms. The second kappa shape index (κ2) is 8.23. The van der Waals surface area contributed by atoms with Crippen LogP contribution in [0.2, 0.25) is 0 Å². The number of rotatable bonds is 6. The van der Waals surface area contributed by atoms with E-state index in [-0.39, 0.29) is 17.2 Å². The number of hydrogen-bond acceptors (Lipinski definition) is 7. The van der Waals surface area contributed by atoms with Crippen molar-refractivity contribution in [2.75, 3.05) is 30.9 Å². The summed E-state index contributed by atoms with van der Waals surface area (Å²) in [5.74, 6) is 0.526. The fourth-order valence-corrected chi connectivity index (χ4v) is 3.92. The van der Waals surface area contributed by atoms with E-state index in [1.807, 2.05) is 6.07 Å². The Labute approximate surface area is 182 Å². The van der Waals surface area contributed by atoms with E-state index in [4.69, 9.17) is 4.74 Å². The summed E-state index contributed by atoms with van der Waals surface area (Å²) < 4.78 is 21.8. The van der Waals surface area contributed by atoms with E-state index in [1.54, 1.807) is 29.9 Å². The normalized spacial score (nSPS) is 20.8. The summed E-state index contributed by atoms with van der Waals surface area (Å²) >= 11 is 0. The molecular formula is C21H24FN7O3. The van der Waals surface area contributed by atoms with Crippen molar-refractivity contribution in [3.63, 3.8) is 0 Å². The van der Waals surface area contributed by atoms with Crippen LogP contribution in [0.15, 0.2) is 35.4 Å². The molecule has 5 rings (SSSR count). The van der Waals surface area contributed by atoms with Crippen LogP contribution < -0.4 is 21.5 Å². The third-order valence-corrected chi connectivity index (χ3v) is 5.82. The number of alkyl halides is 1. The Kier molecular flexibility index (Phi) is 5.25. The Bertz CT molecular complexity index is 1220. The minimum atomic E-state index is -1.00. The van der Waals surface area contributed by atoms with Crippen molar-refractivity contribution in [3.8, 4) is 0 Å². The zero-order valence-electron chi connectivity index (χ0n) is 17.5.